The van der Waals surface area contributed by atoms with Crippen molar-refractivity contribution in [3.05, 3.63) is 53.1 Å². The van der Waals surface area contributed by atoms with Crippen LogP contribution in [0.15, 0.2) is 30.5 Å². The standard InChI is InChI=1S/C25H33FN4O2/c1-16-14-30(15-17(2)32-16)24-27-13-19-21(11-25(3,4)12-22(19)29-24)28-23(31)10-9-18-7-5-6-8-20(18)26/h5-8,13,16-17,21H,9-12,14-15H2,1-4H3,(H,28,31)/t16-,17-,21+/m1/s1. The second-order valence-corrected chi connectivity index (χ2v) is 9.99. The molecule has 0 unspecified atom stereocenters. The zero-order valence-corrected chi connectivity index (χ0v) is 19.4. The van der Waals surface area contributed by atoms with Crippen LogP contribution >= 0.6 is 0 Å². The lowest BCUT2D eigenvalue weighted by atomic mass is 9.74. The van der Waals surface area contributed by atoms with E-state index in [2.05, 4.69) is 42.9 Å². The van der Waals surface area contributed by atoms with Crippen molar-refractivity contribution in [3.63, 3.8) is 0 Å². The fourth-order valence-electron chi connectivity index (χ4n) is 4.87. The van der Waals surface area contributed by atoms with E-state index < -0.39 is 0 Å². The van der Waals surface area contributed by atoms with Gasteiger partial charge in [0.25, 0.3) is 0 Å². The third kappa shape index (κ3) is 5.26. The number of rotatable bonds is 5. The van der Waals surface area contributed by atoms with Gasteiger partial charge >= 0.3 is 0 Å². The van der Waals surface area contributed by atoms with E-state index in [0.717, 1.165) is 43.1 Å². The van der Waals surface area contributed by atoms with Gasteiger partial charge in [0, 0.05) is 31.3 Å². The molecular formula is C25H33FN4O2. The lowest BCUT2D eigenvalue weighted by Gasteiger charge is -2.38. The maximum absolute atomic E-state index is 13.9. The Labute approximate surface area is 189 Å². The van der Waals surface area contributed by atoms with Crippen LogP contribution < -0.4 is 10.2 Å². The fraction of sp³-hybridized carbons (Fsp3) is 0.560. The zero-order valence-electron chi connectivity index (χ0n) is 19.4. The molecule has 2 aromatic rings. The Bertz CT molecular complexity index is 970. The maximum Gasteiger partial charge on any atom is 0.225 e. The van der Waals surface area contributed by atoms with Crippen LogP contribution in [0, 0.1) is 11.2 Å². The summed E-state index contributed by atoms with van der Waals surface area (Å²) in [4.78, 5) is 24.5. The molecular weight excluding hydrogens is 407 g/mol. The Morgan fingerprint density at radius 2 is 1.97 bits per heavy atom. The molecule has 3 atom stereocenters. The van der Waals surface area contributed by atoms with Crippen molar-refractivity contribution >= 4 is 11.9 Å². The molecule has 1 saturated heterocycles. The summed E-state index contributed by atoms with van der Waals surface area (Å²) in [7, 11) is 0. The highest BCUT2D eigenvalue weighted by Gasteiger charge is 2.35. The summed E-state index contributed by atoms with van der Waals surface area (Å²) in [6, 6.07) is 6.47. The van der Waals surface area contributed by atoms with Gasteiger partial charge in [-0.1, -0.05) is 32.0 Å². The van der Waals surface area contributed by atoms with Gasteiger partial charge in [-0.2, -0.15) is 0 Å². The van der Waals surface area contributed by atoms with Gasteiger partial charge in [-0.15, -0.1) is 0 Å². The topological polar surface area (TPSA) is 67.4 Å². The lowest BCUT2D eigenvalue weighted by Crippen LogP contribution is -2.46. The molecule has 0 bridgehead atoms. The van der Waals surface area contributed by atoms with Gasteiger partial charge in [0.15, 0.2) is 0 Å². The molecule has 0 spiro atoms. The van der Waals surface area contributed by atoms with E-state index in [-0.39, 0.29) is 41.8 Å². The largest absolute Gasteiger partial charge is 0.372 e. The predicted molar refractivity (Wildman–Crippen MR) is 122 cm³/mol. The second kappa shape index (κ2) is 9.14. The van der Waals surface area contributed by atoms with Crippen LogP contribution in [0.1, 0.15) is 63.4 Å². The number of halogens is 1. The summed E-state index contributed by atoms with van der Waals surface area (Å²) in [6.45, 7) is 10.1. The number of ether oxygens (including phenoxy) is 1. The molecule has 0 saturated carbocycles. The Morgan fingerprint density at radius 1 is 1.25 bits per heavy atom. The van der Waals surface area contributed by atoms with Gasteiger partial charge in [-0.25, -0.2) is 14.4 Å². The van der Waals surface area contributed by atoms with E-state index in [1.807, 2.05) is 6.20 Å². The summed E-state index contributed by atoms with van der Waals surface area (Å²) in [5.41, 5.74) is 2.56. The number of carbonyl (C=O) groups excluding carboxylic acids is 1. The molecule has 172 valence electrons. The number of amides is 1. The molecule has 32 heavy (non-hydrogen) atoms. The number of hydrogen-bond acceptors (Lipinski definition) is 5. The molecule has 1 fully saturated rings. The average Bonchev–Trinajstić information content (AvgIpc) is 2.71. The quantitative estimate of drug-likeness (QED) is 0.762. The predicted octanol–water partition coefficient (Wildman–Crippen LogP) is 3.99. The minimum Gasteiger partial charge on any atom is -0.372 e. The van der Waals surface area contributed by atoms with Gasteiger partial charge in [0.2, 0.25) is 11.9 Å². The van der Waals surface area contributed by atoms with E-state index in [4.69, 9.17) is 9.72 Å². The Kier molecular flexibility index (Phi) is 6.47. The summed E-state index contributed by atoms with van der Waals surface area (Å²) >= 11 is 0. The van der Waals surface area contributed by atoms with E-state index in [1.165, 1.54) is 6.07 Å². The van der Waals surface area contributed by atoms with Crippen LogP contribution in [0.4, 0.5) is 10.3 Å². The van der Waals surface area contributed by atoms with Crippen LogP contribution in [0.3, 0.4) is 0 Å². The van der Waals surface area contributed by atoms with E-state index in [1.54, 1.807) is 18.2 Å². The van der Waals surface area contributed by atoms with E-state index >= 15 is 0 Å². The number of morpholine rings is 1. The zero-order chi connectivity index (χ0) is 22.9. The number of nitrogens with one attached hydrogen (secondary N) is 1. The smallest absolute Gasteiger partial charge is 0.225 e. The normalized spacial score (nSPS) is 24.7. The Morgan fingerprint density at radius 3 is 2.69 bits per heavy atom. The fourth-order valence-corrected chi connectivity index (χ4v) is 4.87. The van der Waals surface area contributed by atoms with Crippen LogP contribution in [0.5, 0.6) is 0 Å². The highest BCUT2D eigenvalue weighted by atomic mass is 19.1. The molecule has 0 radical (unpaired) electrons. The first kappa shape index (κ1) is 22.6. The van der Waals surface area contributed by atoms with Crippen LogP contribution in [0.25, 0.3) is 0 Å². The molecule has 6 nitrogen and oxygen atoms in total. The average molecular weight is 441 g/mol. The van der Waals surface area contributed by atoms with Crippen molar-refractivity contribution in [1.82, 2.24) is 15.3 Å². The highest BCUT2D eigenvalue weighted by Crippen LogP contribution is 2.40. The molecule has 1 aromatic carbocycles. The molecule has 1 aliphatic heterocycles. The maximum atomic E-state index is 13.9. The second-order valence-electron chi connectivity index (χ2n) is 9.99. The van der Waals surface area contributed by atoms with Crippen molar-refractivity contribution in [1.29, 1.82) is 0 Å². The number of anilines is 1. The summed E-state index contributed by atoms with van der Waals surface area (Å²) in [5, 5.41) is 3.16. The number of aromatic nitrogens is 2. The third-order valence-corrected chi connectivity index (χ3v) is 6.28. The summed E-state index contributed by atoms with van der Waals surface area (Å²) < 4.78 is 19.7. The van der Waals surface area contributed by atoms with Gasteiger partial charge in [0.1, 0.15) is 5.82 Å². The van der Waals surface area contributed by atoms with Gasteiger partial charge in [-0.05, 0) is 50.2 Å². The molecule has 2 aliphatic rings. The minimum atomic E-state index is -0.267. The Balaban J connectivity index is 1.48. The van der Waals surface area contributed by atoms with Crippen LogP contribution in [-0.4, -0.2) is 41.2 Å². The summed E-state index contributed by atoms with van der Waals surface area (Å²) in [5.74, 6) is 0.381. The van der Waals surface area contributed by atoms with Crippen molar-refractivity contribution < 1.29 is 13.9 Å². The van der Waals surface area contributed by atoms with Crippen molar-refractivity contribution in [2.75, 3.05) is 18.0 Å². The van der Waals surface area contributed by atoms with Gasteiger partial charge < -0.3 is 15.0 Å². The van der Waals surface area contributed by atoms with Crippen molar-refractivity contribution in [2.24, 2.45) is 5.41 Å². The van der Waals surface area contributed by atoms with Crippen LogP contribution in [-0.2, 0) is 22.4 Å². The third-order valence-electron chi connectivity index (χ3n) is 6.28. The summed E-state index contributed by atoms with van der Waals surface area (Å²) in [6.07, 6.45) is 4.43. The molecule has 7 heteroatoms. The number of hydrogen-bond donors (Lipinski definition) is 1. The number of carbonyl (C=O) groups is 1. The first-order chi connectivity index (χ1) is 15.2. The molecule has 1 aliphatic carbocycles. The van der Waals surface area contributed by atoms with Gasteiger partial charge in [0.05, 0.1) is 23.9 Å². The van der Waals surface area contributed by atoms with Gasteiger partial charge in [-0.3, -0.25) is 4.79 Å². The van der Waals surface area contributed by atoms with Crippen molar-refractivity contribution in [2.45, 2.75) is 71.6 Å². The highest BCUT2D eigenvalue weighted by molar-refractivity contribution is 5.76. The number of aryl methyl sites for hydroxylation is 1. The SMILES string of the molecule is C[C@@H]1CN(c2ncc3c(n2)CC(C)(C)C[C@@H]3NC(=O)CCc2ccccc2F)C[C@@H](C)O1. The lowest BCUT2D eigenvalue weighted by molar-refractivity contribution is -0.122. The van der Waals surface area contributed by atoms with Crippen LogP contribution in [0.2, 0.25) is 0 Å². The minimum absolute atomic E-state index is 0.00764. The number of fused-ring (bicyclic) bond motifs is 1. The number of nitrogens with zero attached hydrogens (tertiary/aromatic N) is 3. The number of benzene rings is 1. The molecule has 1 amide bonds. The molecule has 1 N–H and O–H groups in total. The molecule has 4 rings (SSSR count). The molecule has 2 heterocycles. The van der Waals surface area contributed by atoms with E-state index in [9.17, 15) is 9.18 Å². The molecule has 1 aromatic heterocycles. The monoisotopic (exact) mass is 440 g/mol. The van der Waals surface area contributed by atoms with E-state index in [0.29, 0.717) is 12.0 Å². The first-order valence-electron chi connectivity index (χ1n) is 11.5. The Hall–Kier alpha value is -2.54. The van der Waals surface area contributed by atoms with Crippen molar-refractivity contribution in [3.8, 4) is 0 Å². The first-order valence-corrected chi connectivity index (χ1v) is 11.5.